The van der Waals surface area contributed by atoms with E-state index in [0.717, 1.165) is 12.0 Å². The molecule has 1 unspecified atom stereocenters. The number of methoxy groups -OCH3 is 1. The summed E-state index contributed by atoms with van der Waals surface area (Å²) >= 11 is 0. The third-order valence-electron chi connectivity index (χ3n) is 1.83. The van der Waals surface area contributed by atoms with Crippen LogP contribution in [0.1, 0.15) is 0 Å². The minimum Gasteiger partial charge on any atom is -0.466 e. The molecule has 1 amide bonds. The number of hydrogen-bond acceptors (Lipinski definition) is 5. The van der Waals surface area contributed by atoms with Crippen LogP contribution >= 0.6 is 0 Å². The lowest BCUT2D eigenvalue weighted by atomic mass is 10.3. The Kier molecular flexibility index (Phi) is 3.21. The molecule has 0 bridgehead atoms. The molecule has 6 heteroatoms. The number of esters is 1. The van der Waals surface area contributed by atoms with Crippen LogP contribution in [0.2, 0.25) is 0 Å². The van der Waals surface area contributed by atoms with E-state index < -0.39 is 12.2 Å². The second-order valence-corrected chi connectivity index (χ2v) is 2.66. The number of hydrogen-bond donors (Lipinski definition) is 2. The molecule has 0 aromatic carbocycles. The van der Waals surface area contributed by atoms with Crippen LogP contribution in [0.15, 0.2) is 0 Å². The Bertz CT molecular complexity index is 219. The van der Waals surface area contributed by atoms with E-state index in [4.69, 9.17) is 0 Å². The summed E-state index contributed by atoms with van der Waals surface area (Å²) in [4.78, 5) is 23.1. The Morgan fingerprint density at radius 3 is 3.00 bits per heavy atom. The van der Waals surface area contributed by atoms with Crippen LogP contribution < -0.4 is 5.32 Å². The molecule has 0 spiro atoms. The second kappa shape index (κ2) is 4.20. The van der Waals surface area contributed by atoms with E-state index in [-0.39, 0.29) is 12.5 Å². The molecule has 0 aromatic rings. The van der Waals surface area contributed by atoms with E-state index in [2.05, 4.69) is 10.1 Å². The predicted molar refractivity (Wildman–Crippen MR) is 42.6 cm³/mol. The standard InChI is InChI=1S/C7H12N2O4/c1-13-7(12)6(11)9-3-2-8-4-5(9)10/h6,8,11H,2-4H2,1H3. The summed E-state index contributed by atoms with van der Waals surface area (Å²) in [7, 11) is 1.16. The van der Waals surface area contributed by atoms with Gasteiger partial charge < -0.3 is 20.1 Å². The van der Waals surface area contributed by atoms with Gasteiger partial charge in [-0.05, 0) is 0 Å². The monoisotopic (exact) mass is 188 g/mol. The van der Waals surface area contributed by atoms with Gasteiger partial charge in [-0.2, -0.15) is 0 Å². The lowest BCUT2D eigenvalue weighted by Gasteiger charge is -2.29. The van der Waals surface area contributed by atoms with Gasteiger partial charge >= 0.3 is 5.97 Å². The summed E-state index contributed by atoms with van der Waals surface area (Å²) < 4.78 is 4.31. The summed E-state index contributed by atoms with van der Waals surface area (Å²) in [6.45, 7) is 1.03. The number of amides is 1. The van der Waals surface area contributed by atoms with Crippen LogP contribution in [-0.2, 0) is 14.3 Å². The van der Waals surface area contributed by atoms with Crippen molar-refractivity contribution in [3.8, 4) is 0 Å². The predicted octanol–water partition coefficient (Wildman–Crippen LogP) is -2.09. The van der Waals surface area contributed by atoms with Gasteiger partial charge in [0, 0.05) is 13.1 Å². The molecule has 0 aliphatic carbocycles. The minimum atomic E-state index is -1.47. The maximum Gasteiger partial charge on any atom is 0.356 e. The van der Waals surface area contributed by atoms with Gasteiger partial charge in [0.25, 0.3) is 0 Å². The van der Waals surface area contributed by atoms with Crippen LogP contribution in [-0.4, -0.2) is 54.9 Å². The largest absolute Gasteiger partial charge is 0.466 e. The van der Waals surface area contributed by atoms with Crippen molar-refractivity contribution in [2.24, 2.45) is 0 Å². The highest BCUT2D eigenvalue weighted by Gasteiger charge is 2.29. The summed E-state index contributed by atoms with van der Waals surface area (Å²) in [5.74, 6) is -1.11. The molecule has 2 N–H and O–H groups in total. The maximum atomic E-state index is 11.2. The van der Waals surface area contributed by atoms with Crippen molar-refractivity contribution in [2.75, 3.05) is 26.7 Å². The average Bonchev–Trinajstić information content (AvgIpc) is 2.16. The third kappa shape index (κ3) is 2.16. The number of ether oxygens (including phenoxy) is 1. The zero-order valence-corrected chi connectivity index (χ0v) is 7.32. The van der Waals surface area contributed by atoms with Gasteiger partial charge in [-0.25, -0.2) is 4.79 Å². The molecule has 74 valence electrons. The molecule has 1 aliphatic heterocycles. The van der Waals surface area contributed by atoms with Crippen molar-refractivity contribution in [2.45, 2.75) is 6.23 Å². The molecule has 1 saturated heterocycles. The van der Waals surface area contributed by atoms with Gasteiger partial charge in [-0.1, -0.05) is 0 Å². The van der Waals surface area contributed by atoms with Crippen LogP contribution in [0.4, 0.5) is 0 Å². The first-order valence-electron chi connectivity index (χ1n) is 3.93. The second-order valence-electron chi connectivity index (χ2n) is 2.66. The molecule has 6 nitrogen and oxygen atoms in total. The van der Waals surface area contributed by atoms with Crippen molar-refractivity contribution >= 4 is 11.9 Å². The minimum absolute atomic E-state index is 0.147. The molecule has 1 atom stereocenters. The molecule has 1 aliphatic rings. The smallest absolute Gasteiger partial charge is 0.356 e. The SMILES string of the molecule is COC(=O)C(O)N1CCNCC1=O. The third-order valence-corrected chi connectivity index (χ3v) is 1.83. The number of nitrogens with one attached hydrogen (secondary N) is 1. The van der Waals surface area contributed by atoms with E-state index in [9.17, 15) is 14.7 Å². The molecule has 0 saturated carbocycles. The van der Waals surface area contributed by atoms with E-state index in [1.807, 2.05) is 0 Å². The quantitative estimate of drug-likeness (QED) is 0.486. The highest BCUT2D eigenvalue weighted by atomic mass is 16.5. The highest BCUT2D eigenvalue weighted by molar-refractivity contribution is 5.85. The van der Waals surface area contributed by atoms with Gasteiger partial charge in [0.15, 0.2) is 0 Å². The summed E-state index contributed by atoms with van der Waals surface area (Å²) in [6.07, 6.45) is -1.47. The molecular formula is C7H12N2O4. The normalized spacial score (nSPS) is 19.8. The van der Waals surface area contributed by atoms with Crippen molar-refractivity contribution in [1.29, 1.82) is 0 Å². The molecule has 1 heterocycles. The fourth-order valence-corrected chi connectivity index (χ4v) is 1.11. The van der Waals surface area contributed by atoms with Crippen molar-refractivity contribution in [3.63, 3.8) is 0 Å². The number of carbonyl (C=O) groups excluding carboxylic acids is 2. The van der Waals surface area contributed by atoms with Crippen LogP contribution in [0.3, 0.4) is 0 Å². The Labute approximate surface area is 75.5 Å². The fraction of sp³-hybridized carbons (Fsp3) is 0.714. The van der Waals surface area contributed by atoms with Crippen LogP contribution in [0.25, 0.3) is 0 Å². The molecule has 0 radical (unpaired) electrons. The van der Waals surface area contributed by atoms with Crippen LogP contribution in [0.5, 0.6) is 0 Å². The zero-order chi connectivity index (χ0) is 9.84. The average molecular weight is 188 g/mol. The Hall–Kier alpha value is -1.14. The Morgan fingerprint density at radius 2 is 2.46 bits per heavy atom. The van der Waals surface area contributed by atoms with Crippen molar-refractivity contribution in [3.05, 3.63) is 0 Å². The van der Waals surface area contributed by atoms with Crippen LogP contribution in [0, 0.1) is 0 Å². The molecule has 1 rings (SSSR count). The Balaban J connectivity index is 2.58. The first-order chi connectivity index (χ1) is 6.16. The van der Waals surface area contributed by atoms with Gasteiger partial charge in [-0.15, -0.1) is 0 Å². The Morgan fingerprint density at radius 1 is 1.77 bits per heavy atom. The fourth-order valence-electron chi connectivity index (χ4n) is 1.11. The highest BCUT2D eigenvalue weighted by Crippen LogP contribution is 2.01. The number of rotatable bonds is 2. The topological polar surface area (TPSA) is 78.9 Å². The van der Waals surface area contributed by atoms with E-state index in [0.29, 0.717) is 13.1 Å². The zero-order valence-electron chi connectivity index (χ0n) is 7.32. The van der Waals surface area contributed by atoms with E-state index >= 15 is 0 Å². The lowest BCUT2D eigenvalue weighted by molar-refractivity contribution is -0.168. The summed E-state index contributed by atoms with van der Waals surface area (Å²) in [5, 5.41) is 12.1. The number of carbonyl (C=O) groups is 2. The molecule has 13 heavy (non-hydrogen) atoms. The number of piperazine rings is 1. The van der Waals surface area contributed by atoms with Gasteiger partial charge in [0.1, 0.15) is 0 Å². The van der Waals surface area contributed by atoms with Gasteiger partial charge in [-0.3, -0.25) is 4.79 Å². The van der Waals surface area contributed by atoms with Gasteiger partial charge in [0.05, 0.1) is 13.7 Å². The maximum absolute atomic E-state index is 11.2. The molecular weight excluding hydrogens is 176 g/mol. The molecule has 0 aromatic heterocycles. The van der Waals surface area contributed by atoms with Crippen molar-refractivity contribution < 1.29 is 19.4 Å². The number of aliphatic hydroxyl groups excluding tert-OH is 1. The summed E-state index contributed by atoms with van der Waals surface area (Å²) in [5.41, 5.74) is 0. The van der Waals surface area contributed by atoms with Crippen molar-refractivity contribution in [1.82, 2.24) is 10.2 Å². The number of nitrogens with zero attached hydrogens (tertiary/aromatic N) is 1. The first kappa shape index (κ1) is 9.94. The first-order valence-corrected chi connectivity index (χ1v) is 3.93. The lowest BCUT2D eigenvalue weighted by Crippen LogP contribution is -2.55. The van der Waals surface area contributed by atoms with E-state index in [1.165, 1.54) is 0 Å². The molecule has 1 fully saturated rings. The number of aliphatic hydroxyl groups is 1. The summed E-state index contributed by atoms with van der Waals surface area (Å²) in [6, 6.07) is 0. The van der Waals surface area contributed by atoms with E-state index in [1.54, 1.807) is 0 Å². The van der Waals surface area contributed by atoms with Gasteiger partial charge in [0.2, 0.25) is 12.1 Å².